The minimum atomic E-state index is 0.638. The first-order chi connectivity index (χ1) is 8.90. The smallest absolute Gasteiger partial charge is 0.188 e. The molecule has 0 N–H and O–H groups in total. The zero-order chi connectivity index (χ0) is 11.9. The van der Waals surface area contributed by atoms with Crippen LogP contribution in [0.5, 0.6) is 0 Å². The third-order valence-electron chi connectivity index (χ3n) is 2.78. The van der Waals surface area contributed by atoms with Gasteiger partial charge in [0, 0.05) is 23.1 Å². The lowest BCUT2D eigenvalue weighted by Crippen LogP contribution is -1.81. The lowest BCUT2D eigenvalue weighted by atomic mass is 10.1. The van der Waals surface area contributed by atoms with Crippen molar-refractivity contribution in [3.8, 4) is 11.1 Å². The lowest BCUT2D eigenvalue weighted by Gasteiger charge is -2.00. The van der Waals surface area contributed by atoms with Gasteiger partial charge in [-0.2, -0.15) is 0 Å². The third kappa shape index (κ3) is 1.41. The van der Waals surface area contributed by atoms with Crippen molar-refractivity contribution in [3.63, 3.8) is 0 Å². The summed E-state index contributed by atoms with van der Waals surface area (Å²) >= 11 is 1.68. The number of rotatable bonds is 1. The van der Waals surface area contributed by atoms with Gasteiger partial charge in [0.25, 0.3) is 0 Å². The fourth-order valence-corrected chi connectivity index (χ4v) is 2.66. The molecule has 0 spiro atoms. The molecule has 85 valence electrons. The molecule has 0 aliphatic carbocycles. The lowest BCUT2D eigenvalue weighted by molar-refractivity contribution is 0.424. The SMILES string of the molecule is [c]1c(-c2cnc3ccsc3c2)ccc2onnc12. The predicted octanol–water partition coefficient (Wildman–Crippen LogP) is 3.30. The van der Waals surface area contributed by atoms with Crippen LogP contribution in [0, 0.1) is 6.07 Å². The molecule has 0 fully saturated rings. The highest BCUT2D eigenvalue weighted by Gasteiger charge is 2.06. The molecular weight excluding hydrogens is 246 g/mol. The predicted molar refractivity (Wildman–Crippen MR) is 69.3 cm³/mol. The van der Waals surface area contributed by atoms with Crippen LogP contribution in [0.2, 0.25) is 0 Å². The van der Waals surface area contributed by atoms with Crippen LogP contribution >= 0.6 is 11.3 Å². The number of hydrogen-bond donors (Lipinski definition) is 0. The van der Waals surface area contributed by atoms with E-state index < -0.39 is 0 Å². The first-order valence-electron chi connectivity index (χ1n) is 5.38. The fourth-order valence-electron chi connectivity index (χ4n) is 1.88. The van der Waals surface area contributed by atoms with Crippen molar-refractivity contribution in [3.05, 3.63) is 41.9 Å². The first kappa shape index (κ1) is 9.73. The second kappa shape index (κ2) is 3.61. The zero-order valence-corrected chi connectivity index (χ0v) is 9.94. The Hall–Kier alpha value is -2.27. The summed E-state index contributed by atoms with van der Waals surface area (Å²) in [4.78, 5) is 4.42. The molecule has 3 aromatic heterocycles. The van der Waals surface area contributed by atoms with Crippen molar-refractivity contribution in [1.82, 2.24) is 15.4 Å². The molecule has 0 bridgehead atoms. The number of nitrogens with zero attached hydrogens (tertiary/aromatic N) is 3. The standard InChI is InChI=1S/C13H6N3OS/c1-2-12-11(15-16-17-12)5-8(1)9-6-13-10(14-7-9)3-4-18-13/h1-4,6-7H. The van der Waals surface area contributed by atoms with Gasteiger partial charge < -0.3 is 4.52 Å². The average Bonchev–Trinajstić information content (AvgIpc) is 3.05. The van der Waals surface area contributed by atoms with E-state index in [9.17, 15) is 0 Å². The van der Waals surface area contributed by atoms with Gasteiger partial charge in [-0.3, -0.25) is 4.98 Å². The van der Waals surface area contributed by atoms with Gasteiger partial charge in [-0.25, -0.2) is 0 Å². The fraction of sp³-hybridized carbons (Fsp3) is 0. The van der Waals surface area contributed by atoms with Crippen LogP contribution < -0.4 is 0 Å². The minimum Gasteiger partial charge on any atom is -0.337 e. The van der Waals surface area contributed by atoms with E-state index in [0.29, 0.717) is 11.1 Å². The molecule has 0 atom stereocenters. The molecule has 0 unspecified atom stereocenters. The molecule has 0 aliphatic rings. The van der Waals surface area contributed by atoms with E-state index in [4.69, 9.17) is 4.52 Å². The maximum absolute atomic E-state index is 4.96. The van der Waals surface area contributed by atoms with E-state index in [1.165, 1.54) is 4.70 Å². The number of pyridine rings is 1. The Labute approximate surface area is 106 Å². The normalized spacial score (nSPS) is 11.3. The van der Waals surface area contributed by atoms with E-state index in [-0.39, 0.29) is 0 Å². The van der Waals surface area contributed by atoms with Gasteiger partial charge in [-0.1, -0.05) is 0 Å². The highest BCUT2D eigenvalue weighted by Crippen LogP contribution is 2.27. The average molecular weight is 252 g/mol. The first-order valence-corrected chi connectivity index (χ1v) is 6.26. The van der Waals surface area contributed by atoms with E-state index in [1.807, 2.05) is 29.8 Å². The quantitative estimate of drug-likeness (QED) is 0.521. The third-order valence-corrected chi connectivity index (χ3v) is 3.63. The molecule has 0 amide bonds. The monoisotopic (exact) mass is 252 g/mol. The maximum atomic E-state index is 4.96. The summed E-state index contributed by atoms with van der Waals surface area (Å²) in [7, 11) is 0. The molecular formula is C13H6N3OS. The van der Waals surface area contributed by atoms with Crippen LogP contribution in [0.4, 0.5) is 0 Å². The molecule has 5 heteroatoms. The largest absolute Gasteiger partial charge is 0.337 e. The van der Waals surface area contributed by atoms with Gasteiger partial charge in [0.05, 0.1) is 10.2 Å². The number of thiophene rings is 1. The van der Waals surface area contributed by atoms with Crippen molar-refractivity contribution in [2.24, 2.45) is 0 Å². The van der Waals surface area contributed by atoms with Crippen molar-refractivity contribution in [1.29, 1.82) is 0 Å². The summed E-state index contributed by atoms with van der Waals surface area (Å²) in [6.07, 6.45) is 1.85. The van der Waals surface area contributed by atoms with Crippen molar-refractivity contribution in [2.45, 2.75) is 0 Å². The highest BCUT2D eigenvalue weighted by molar-refractivity contribution is 7.17. The minimum absolute atomic E-state index is 0.638. The van der Waals surface area contributed by atoms with E-state index >= 15 is 0 Å². The molecule has 0 saturated heterocycles. The van der Waals surface area contributed by atoms with Crippen LogP contribution in [0.1, 0.15) is 0 Å². The van der Waals surface area contributed by atoms with E-state index in [1.54, 1.807) is 11.3 Å². The van der Waals surface area contributed by atoms with E-state index in [2.05, 4.69) is 27.5 Å². The van der Waals surface area contributed by atoms with Gasteiger partial charge in [-0.15, -0.1) is 16.4 Å². The Morgan fingerprint density at radius 1 is 1.22 bits per heavy atom. The molecule has 18 heavy (non-hydrogen) atoms. The summed E-state index contributed by atoms with van der Waals surface area (Å²) in [5, 5.41) is 9.41. The topological polar surface area (TPSA) is 51.8 Å². The summed E-state index contributed by atoms with van der Waals surface area (Å²) in [5.74, 6) is 0. The zero-order valence-electron chi connectivity index (χ0n) is 9.12. The van der Waals surface area contributed by atoms with Crippen LogP contribution in [0.3, 0.4) is 0 Å². The van der Waals surface area contributed by atoms with Gasteiger partial charge >= 0.3 is 0 Å². The maximum Gasteiger partial charge on any atom is 0.188 e. The summed E-state index contributed by atoms with van der Waals surface area (Å²) in [6, 6.07) is 11.1. The Kier molecular flexibility index (Phi) is 1.95. The number of fused-ring (bicyclic) bond motifs is 2. The van der Waals surface area contributed by atoms with Crippen LogP contribution in [0.15, 0.2) is 40.4 Å². The molecule has 1 aromatic carbocycles. The van der Waals surface area contributed by atoms with Gasteiger partial charge in [0.1, 0.15) is 5.52 Å². The molecule has 4 nitrogen and oxygen atoms in total. The molecule has 4 rings (SSSR count). The summed E-state index contributed by atoms with van der Waals surface area (Å²) < 4.78 is 6.13. The Morgan fingerprint density at radius 2 is 2.22 bits per heavy atom. The van der Waals surface area contributed by atoms with Crippen LogP contribution in [0.25, 0.3) is 32.4 Å². The van der Waals surface area contributed by atoms with E-state index in [0.717, 1.165) is 16.6 Å². The molecule has 0 saturated carbocycles. The number of benzene rings is 1. The molecule has 3 heterocycles. The Morgan fingerprint density at radius 3 is 3.22 bits per heavy atom. The van der Waals surface area contributed by atoms with Crippen LogP contribution in [-0.4, -0.2) is 15.4 Å². The van der Waals surface area contributed by atoms with Crippen molar-refractivity contribution < 1.29 is 4.52 Å². The summed E-state index contributed by atoms with van der Waals surface area (Å²) in [6.45, 7) is 0. The Bertz CT molecular complexity index is 777. The summed E-state index contributed by atoms with van der Waals surface area (Å²) in [5.41, 5.74) is 4.27. The second-order valence-electron chi connectivity index (χ2n) is 3.89. The van der Waals surface area contributed by atoms with Gasteiger partial charge in [-0.05, 0) is 35.2 Å². The van der Waals surface area contributed by atoms with Crippen molar-refractivity contribution >= 4 is 32.7 Å². The van der Waals surface area contributed by atoms with Crippen LogP contribution in [-0.2, 0) is 0 Å². The highest BCUT2D eigenvalue weighted by atomic mass is 32.1. The molecule has 1 radical (unpaired) electrons. The number of aromatic nitrogens is 3. The number of hydrogen-bond acceptors (Lipinski definition) is 5. The Balaban J connectivity index is 1.93. The second-order valence-corrected chi connectivity index (χ2v) is 4.83. The van der Waals surface area contributed by atoms with Gasteiger partial charge in [0.15, 0.2) is 5.58 Å². The molecule has 4 aromatic rings. The molecule has 0 aliphatic heterocycles. The van der Waals surface area contributed by atoms with Gasteiger partial charge in [0.2, 0.25) is 0 Å². The van der Waals surface area contributed by atoms with Crippen molar-refractivity contribution in [2.75, 3.05) is 0 Å².